The fraction of sp³-hybridized carbons (Fsp3) is 1.00. The Morgan fingerprint density at radius 3 is 2.23 bits per heavy atom. The van der Waals surface area contributed by atoms with Crippen LogP contribution in [0.15, 0.2) is 0 Å². The molecule has 0 spiro atoms. The van der Waals surface area contributed by atoms with Crippen molar-refractivity contribution in [3.63, 3.8) is 0 Å². The van der Waals surface area contributed by atoms with Crippen LogP contribution in [0.2, 0.25) is 0 Å². The van der Waals surface area contributed by atoms with Crippen LogP contribution in [0.4, 0.5) is 0 Å². The van der Waals surface area contributed by atoms with Gasteiger partial charge >= 0.3 is 0 Å². The molecule has 0 aromatic carbocycles. The van der Waals surface area contributed by atoms with E-state index in [1.54, 1.807) is 0 Å². The fourth-order valence-electron chi connectivity index (χ4n) is 1.69. The summed E-state index contributed by atoms with van der Waals surface area (Å²) >= 11 is 2.05. The molecule has 13 heavy (non-hydrogen) atoms. The average Bonchev–Trinajstić information content (AvgIpc) is 1.92. The number of hydrogen-bond donors (Lipinski definition) is 1. The Bertz CT molecular complexity index is 150. The lowest BCUT2D eigenvalue weighted by atomic mass is 9.84. The number of hydrogen-bond acceptors (Lipinski definition) is 2. The predicted molar refractivity (Wildman–Crippen MR) is 62.4 cm³/mol. The highest BCUT2D eigenvalue weighted by molar-refractivity contribution is 8.00. The van der Waals surface area contributed by atoms with Crippen molar-refractivity contribution in [2.45, 2.75) is 44.8 Å². The van der Waals surface area contributed by atoms with Crippen molar-refractivity contribution in [2.24, 2.45) is 5.41 Å². The molecular formula is C11H23NS. The summed E-state index contributed by atoms with van der Waals surface area (Å²) in [7, 11) is 0. The van der Waals surface area contributed by atoms with E-state index >= 15 is 0 Å². The minimum absolute atomic E-state index is 0.420. The van der Waals surface area contributed by atoms with Crippen LogP contribution in [-0.4, -0.2) is 24.1 Å². The molecule has 0 unspecified atom stereocenters. The van der Waals surface area contributed by atoms with Gasteiger partial charge in [-0.1, -0.05) is 27.2 Å². The van der Waals surface area contributed by atoms with E-state index in [0.29, 0.717) is 10.2 Å². The molecule has 0 aliphatic heterocycles. The van der Waals surface area contributed by atoms with E-state index in [1.807, 2.05) is 11.8 Å². The van der Waals surface area contributed by atoms with E-state index < -0.39 is 0 Å². The van der Waals surface area contributed by atoms with Crippen molar-refractivity contribution in [3.05, 3.63) is 0 Å². The van der Waals surface area contributed by atoms with Crippen LogP contribution in [0.5, 0.6) is 0 Å². The van der Waals surface area contributed by atoms with Gasteiger partial charge in [0, 0.05) is 17.8 Å². The smallest absolute Gasteiger partial charge is 0.0281 e. The van der Waals surface area contributed by atoms with Crippen molar-refractivity contribution in [3.8, 4) is 0 Å². The lowest BCUT2D eigenvalue weighted by Gasteiger charge is -2.41. The standard InChI is InChI=1S/C11H23NS/c1-10(2,3)8-12-9-11(13-4)6-5-7-11/h12H,5-9H2,1-4H3. The Labute approximate surface area is 87.1 Å². The maximum absolute atomic E-state index is 3.60. The summed E-state index contributed by atoms with van der Waals surface area (Å²) in [5.74, 6) is 0. The Morgan fingerprint density at radius 2 is 1.92 bits per heavy atom. The van der Waals surface area contributed by atoms with Gasteiger partial charge < -0.3 is 5.32 Å². The molecular weight excluding hydrogens is 178 g/mol. The van der Waals surface area contributed by atoms with Gasteiger partial charge in [-0.2, -0.15) is 11.8 Å². The molecule has 1 nitrogen and oxygen atoms in total. The molecule has 78 valence electrons. The van der Waals surface area contributed by atoms with Crippen LogP contribution >= 0.6 is 11.8 Å². The van der Waals surface area contributed by atoms with Crippen LogP contribution in [0, 0.1) is 5.41 Å². The van der Waals surface area contributed by atoms with Gasteiger partial charge in [-0.05, 0) is 24.5 Å². The minimum atomic E-state index is 0.420. The molecule has 0 atom stereocenters. The van der Waals surface area contributed by atoms with E-state index in [4.69, 9.17) is 0 Å². The number of thioether (sulfide) groups is 1. The van der Waals surface area contributed by atoms with Gasteiger partial charge in [0.2, 0.25) is 0 Å². The molecule has 2 heteroatoms. The summed E-state index contributed by atoms with van der Waals surface area (Å²) in [6.07, 6.45) is 6.49. The summed E-state index contributed by atoms with van der Waals surface area (Å²) in [5, 5.41) is 3.60. The molecule has 1 fully saturated rings. The van der Waals surface area contributed by atoms with E-state index in [0.717, 1.165) is 6.54 Å². The molecule has 1 rings (SSSR count). The first-order chi connectivity index (χ1) is 5.97. The molecule has 0 radical (unpaired) electrons. The van der Waals surface area contributed by atoms with E-state index in [1.165, 1.54) is 25.8 Å². The molecule has 0 heterocycles. The maximum atomic E-state index is 3.60. The van der Waals surface area contributed by atoms with Gasteiger partial charge in [0.1, 0.15) is 0 Å². The third-order valence-electron chi connectivity index (χ3n) is 2.80. The molecule has 0 bridgehead atoms. The Kier molecular flexibility index (Phi) is 3.70. The Balaban J connectivity index is 2.18. The highest BCUT2D eigenvalue weighted by Gasteiger charge is 2.35. The second kappa shape index (κ2) is 4.22. The van der Waals surface area contributed by atoms with Gasteiger partial charge in [0.15, 0.2) is 0 Å². The van der Waals surface area contributed by atoms with Crippen molar-refractivity contribution >= 4 is 11.8 Å². The highest BCUT2D eigenvalue weighted by atomic mass is 32.2. The third-order valence-corrected chi connectivity index (χ3v) is 4.22. The summed E-state index contributed by atoms with van der Waals surface area (Å²) in [5.41, 5.74) is 0.420. The molecule has 1 saturated carbocycles. The van der Waals surface area contributed by atoms with Gasteiger partial charge in [0.25, 0.3) is 0 Å². The quantitative estimate of drug-likeness (QED) is 0.750. The molecule has 0 saturated heterocycles. The van der Waals surface area contributed by atoms with Crippen molar-refractivity contribution in [1.29, 1.82) is 0 Å². The zero-order valence-corrected chi connectivity index (χ0v) is 10.3. The maximum Gasteiger partial charge on any atom is 0.0281 e. The lowest BCUT2D eigenvalue weighted by molar-refractivity contribution is 0.312. The normalized spacial score (nSPS) is 21.2. The SMILES string of the molecule is CSC1(CNCC(C)(C)C)CCC1. The van der Waals surface area contributed by atoms with Gasteiger partial charge in [-0.15, -0.1) is 0 Å². The summed E-state index contributed by atoms with van der Waals surface area (Å²) < 4.78 is 0.589. The van der Waals surface area contributed by atoms with E-state index in [-0.39, 0.29) is 0 Å². The first-order valence-corrected chi connectivity index (χ1v) is 6.46. The first kappa shape index (κ1) is 11.4. The van der Waals surface area contributed by atoms with Crippen molar-refractivity contribution in [1.82, 2.24) is 5.32 Å². The summed E-state index contributed by atoms with van der Waals surface area (Å²) in [4.78, 5) is 0. The number of nitrogens with one attached hydrogen (secondary N) is 1. The lowest BCUT2D eigenvalue weighted by Crippen LogP contribution is -2.45. The van der Waals surface area contributed by atoms with Crippen molar-refractivity contribution < 1.29 is 0 Å². The third kappa shape index (κ3) is 3.51. The molecule has 1 aliphatic rings. The topological polar surface area (TPSA) is 12.0 Å². The average molecular weight is 201 g/mol. The second-order valence-electron chi connectivity index (χ2n) is 5.40. The van der Waals surface area contributed by atoms with Gasteiger partial charge in [0.05, 0.1) is 0 Å². The fourth-order valence-corrected chi connectivity index (χ4v) is 2.63. The zero-order valence-electron chi connectivity index (χ0n) is 9.44. The molecule has 0 amide bonds. The number of rotatable bonds is 4. The zero-order chi connectivity index (χ0) is 9.95. The van der Waals surface area contributed by atoms with Crippen LogP contribution in [0.3, 0.4) is 0 Å². The predicted octanol–water partition coefficient (Wildman–Crippen LogP) is 2.91. The van der Waals surface area contributed by atoms with Crippen molar-refractivity contribution in [2.75, 3.05) is 19.3 Å². The second-order valence-corrected chi connectivity index (χ2v) is 6.68. The van der Waals surface area contributed by atoms with Crippen LogP contribution in [-0.2, 0) is 0 Å². The molecule has 0 aromatic heterocycles. The van der Waals surface area contributed by atoms with E-state index in [9.17, 15) is 0 Å². The first-order valence-electron chi connectivity index (χ1n) is 5.23. The largest absolute Gasteiger partial charge is 0.315 e. The van der Waals surface area contributed by atoms with Crippen LogP contribution in [0.1, 0.15) is 40.0 Å². The van der Waals surface area contributed by atoms with Gasteiger partial charge in [-0.3, -0.25) is 0 Å². The Morgan fingerprint density at radius 1 is 1.31 bits per heavy atom. The van der Waals surface area contributed by atoms with Crippen LogP contribution in [0.25, 0.3) is 0 Å². The minimum Gasteiger partial charge on any atom is -0.315 e. The summed E-state index contributed by atoms with van der Waals surface area (Å²) in [6, 6.07) is 0. The monoisotopic (exact) mass is 201 g/mol. The molecule has 0 aromatic rings. The molecule has 1 N–H and O–H groups in total. The molecule has 1 aliphatic carbocycles. The Hall–Kier alpha value is 0.310. The van der Waals surface area contributed by atoms with Crippen LogP contribution < -0.4 is 5.32 Å². The highest BCUT2D eigenvalue weighted by Crippen LogP contribution is 2.42. The summed E-state index contributed by atoms with van der Waals surface area (Å²) in [6.45, 7) is 9.19. The van der Waals surface area contributed by atoms with E-state index in [2.05, 4.69) is 32.3 Å². The van der Waals surface area contributed by atoms with Gasteiger partial charge in [-0.25, -0.2) is 0 Å².